The second-order valence-electron chi connectivity index (χ2n) is 5.05. The number of amides is 2. The van der Waals surface area contributed by atoms with Crippen LogP contribution in [-0.4, -0.2) is 46.5 Å². The Hall–Kier alpha value is -1.56. The van der Waals surface area contributed by atoms with E-state index in [0.29, 0.717) is 13.0 Å². The Bertz CT molecular complexity index is 507. The number of hydrogen-bond donors (Lipinski definition) is 1. The molecule has 0 saturated heterocycles. The average Bonchev–Trinajstić information content (AvgIpc) is 2.43. The second-order valence-corrected chi connectivity index (χ2v) is 5.96. The van der Waals surface area contributed by atoms with Gasteiger partial charge in [-0.05, 0) is 31.0 Å². The maximum atomic E-state index is 12.4. The predicted octanol–water partition coefficient (Wildman–Crippen LogP) is 3.19. The Morgan fingerprint density at radius 1 is 1.38 bits per heavy atom. The molecule has 2 amide bonds. The summed E-state index contributed by atoms with van der Waals surface area (Å²) in [5, 5.41) is 8.97. The van der Waals surface area contributed by atoms with Crippen LogP contribution in [0.3, 0.4) is 0 Å². The molecule has 1 atom stereocenters. The summed E-state index contributed by atoms with van der Waals surface area (Å²) in [6.07, 6.45) is 0.712. The van der Waals surface area contributed by atoms with E-state index in [2.05, 4.69) is 15.9 Å². The lowest BCUT2D eigenvalue weighted by molar-refractivity contribution is -0.138. The fraction of sp³-hybridized carbons (Fsp3) is 0.467. The molecule has 0 heterocycles. The SMILES string of the molecule is CCC(C)N(CC(=O)O)C(=O)N(C)Cc1cccc(Br)c1. The summed E-state index contributed by atoms with van der Waals surface area (Å²) in [6, 6.07) is 7.31. The van der Waals surface area contributed by atoms with Gasteiger partial charge in [-0.1, -0.05) is 35.0 Å². The largest absolute Gasteiger partial charge is 0.480 e. The molecule has 0 aliphatic rings. The van der Waals surface area contributed by atoms with Gasteiger partial charge in [-0.2, -0.15) is 0 Å². The summed E-state index contributed by atoms with van der Waals surface area (Å²) in [5.41, 5.74) is 0.986. The van der Waals surface area contributed by atoms with Gasteiger partial charge < -0.3 is 14.9 Å². The Morgan fingerprint density at radius 2 is 2.05 bits per heavy atom. The van der Waals surface area contributed by atoms with Crippen molar-refractivity contribution >= 4 is 27.9 Å². The number of carboxylic acid groups (broad SMARTS) is 1. The zero-order valence-electron chi connectivity index (χ0n) is 12.5. The molecule has 21 heavy (non-hydrogen) atoms. The highest BCUT2D eigenvalue weighted by Gasteiger charge is 2.24. The molecule has 0 aromatic heterocycles. The first-order chi connectivity index (χ1) is 9.85. The lowest BCUT2D eigenvalue weighted by Crippen LogP contribution is -2.47. The number of urea groups is 1. The first kappa shape index (κ1) is 17.5. The number of halogens is 1. The topological polar surface area (TPSA) is 60.9 Å². The summed E-state index contributed by atoms with van der Waals surface area (Å²) in [6.45, 7) is 3.94. The third kappa shape index (κ3) is 5.38. The van der Waals surface area contributed by atoms with Crippen LogP contribution in [0.5, 0.6) is 0 Å². The van der Waals surface area contributed by atoms with E-state index >= 15 is 0 Å². The molecule has 0 radical (unpaired) electrons. The Labute approximate surface area is 133 Å². The fourth-order valence-electron chi connectivity index (χ4n) is 1.97. The zero-order valence-corrected chi connectivity index (χ0v) is 14.1. The van der Waals surface area contributed by atoms with Gasteiger partial charge in [0.15, 0.2) is 0 Å². The quantitative estimate of drug-likeness (QED) is 0.851. The standard InChI is InChI=1S/C15H21BrN2O3/c1-4-11(2)18(10-14(19)20)15(21)17(3)9-12-6-5-7-13(16)8-12/h5-8,11H,4,9-10H2,1-3H3,(H,19,20). The second kappa shape index (κ2) is 8.02. The van der Waals surface area contributed by atoms with Crippen LogP contribution in [0.25, 0.3) is 0 Å². The molecular weight excluding hydrogens is 336 g/mol. The average molecular weight is 357 g/mol. The van der Waals surface area contributed by atoms with Crippen LogP contribution in [0, 0.1) is 0 Å². The molecule has 1 rings (SSSR count). The highest BCUT2D eigenvalue weighted by molar-refractivity contribution is 9.10. The molecule has 1 aromatic carbocycles. The Morgan fingerprint density at radius 3 is 2.57 bits per heavy atom. The molecular formula is C15H21BrN2O3. The Balaban J connectivity index is 2.80. The minimum absolute atomic E-state index is 0.112. The number of nitrogens with zero attached hydrogens (tertiary/aromatic N) is 2. The van der Waals surface area contributed by atoms with Crippen molar-refractivity contribution in [3.05, 3.63) is 34.3 Å². The molecule has 1 aromatic rings. The van der Waals surface area contributed by atoms with E-state index in [1.165, 1.54) is 9.80 Å². The van der Waals surface area contributed by atoms with Crippen molar-refractivity contribution in [2.24, 2.45) is 0 Å². The van der Waals surface area contributed by atoms with Crippen LogP contribution in [0.4, 0.5) is 4.79 Å². The van der Waals surface area contributed by atoms with Gasteiger partial charge in [-0.3, -0.25) is 4.79 Å². The summed E-state index contributed by atoms with van der Waals surface area (Å²) < 4.78 is 0.949. The molecule has 1 unspecified atom stereocenters. The van der Waals surface area contributed by atoms with E-state index in [0.717, 1.165) is 10.0 Å². The maximum Gasteiger partial charge on any atom is 0.323 e. The van der Waals surface area contributed by atoms with Crippen molar-refractivity contribution in [2.45, 2.75) is 32.9 Å². The normalized spacial score (nSPS) is 11.8. The molecule has 6 heteroatoms. The number of carbonyl (C=O) groups is 2. The molecule has 0 spiro atoms. The first-order valence-electron chi connectivity index (χ1n) is 6.83. The first-order valence-corrected chi connectivity index (χ1v) is 7.62. The van der Waals surface area contributed by atoms with Crippen LogP contribution >= 0.6 is 15.9 Å². The molecule has 116 valence electrons. The van der Waals surface area contributed by atoms with E-state index < -0.39 is 5.97 Å². The zero-order chi connectivity index (χ0) is 16.0. The molecule has 5 nitrogen and oxygen atoms in total. The number of carbonyl (C=O) groups excluding carboxylic acids is 1. The Kier molecular flexibility index (Phi) is 6.68. The van der Waals surface area contributed by atoms with Crippen LogP contribution in [-0.2, 0) is 11.3 Å². The van der Waals surface area contributed by atoms with Gasteiger partial charge in [0.25, 0.3) is 0 Å². The van der Waals surface area contributed by atoms with Gasteiger partial charge in [0.2, 0.25) is 0 Å². The maximum absolute atomic E-state index is 12.4. The predicted molar refractivity (Wildman–Crippen MR) is 85.1 cm³/mol. The van der Waals surface area contributed by atoms with Crippen molar-refractivity contribution in [3.8, 4) is 0 Å². The van der Waals surface area contributed by atoms with Crippen LogP contribution < -0.4 is 0 Å². The minimum Gasteiger partial charge on any atom is -0.480 e. The van der Waals surface area contributed by atoms with E-state index in [1.807, 2.05) is 38.1 Å². The van der Waals surface area contributed by atoms with E-state index in [1.54, 1.807) is 7.05 Å². The molecule has 0 fully saturated rings. The minimum atomic E-state index is -1.00. The highest BCUT2D eigenvalue weighted by atomic mass is 79.9. The van der Waals surface area contributed by atoms with Crippen LogP contribution in [0.1, 0.15) is 25.8 Å². The third-order valence-electron chi connectivity index (χ3n) is 3.31. The van der Waals surface area contributed by atoms with E-state index in [4.69, 9.17) is 5.11 Å². The van der Waals surface area contributed by atoms with Crippen molar-refractivity contribution in [1.82, 2.24) is 9.80 Å². The van der Waals surface area contributed by atoms with Crippen molar-refractivity contribution < 1.29 is 14.7 Å². The number of carboxylic acids is 1. The van der Waals surface area contributed by atoms with Gasteiger partial charge >= 0.3 is 12.0 Å². The van der Waals surface area contributed by atoms with Gasteiger partial charge in [0, 0.05) is 24.1 Å². The summed E-state index contributed by atoms with van der Waals surface area (Å²) in [5.74, 6) is -1.00. The molecule has 0 aliphatic heterocycles. The number of hydrogen-bond acceptors (Lipinski definition) is 2. The molecule has 0 bridgehead atoms. The number of rotatable bonds is 6. The smallest absolute Gasteiger partial charge is 0.323 e. The van der Waals surface area contributed by atoms with Crippen molar-refractivity contribution in [1.29, 1.82) is 0 Å². The fourth-order valence-corrected chi connectivity index (χ4v) is 2.42. The van der Waals surface area contributed by atoms with Gasteiger partial charge in [0.05, 0.1) is 0 Å². The van der Waals surface area contributed by atoms with Gasteiger partial charge in [0.1, 0.15) is 6.54 Å². The summed E-state index contributed by atoms with van der Waals surface area (Å²) in [4.78, 5) is 26.3. The van der Waals surface area contributed by atoms with Gasteiger partial charge in [-0.15, -0.1) is 0 Å². The summed E-state index contributed by atoms with van der Waals surface area (Å²) >= 11 is 3.39. The van der Waals surface area contributed by atoms with Crippen molar-refractivity contribution in [2.75, 3.05) is 13.6 Å². The van der Waals surface area contributed by atoms with E-state index in [-0.39, 0.29) is 18.6 Å². The summed E-state index contributed by atoms with van der Waals surface area (Å²) in [7, 11) is 1.68. The monoisotopic (exact) mass is 356 g/mol. The molecule has 0 saturated carbocycles. The van der Waals surface area contributed by atoms with Crippen LogP contribution in [0.2, 0.25) is 0 Å². The number of benzene rings is 1. The van der Waals surface area contributed by atoms with Crippen molar-refractivity contribution in [3.63, 3.8) is 0 Å². The third-order valence-corrected chi connectivity index (χ3v) is 3.80. The number of aliphatic carboxylic acids is 1. The van der Waals surface area contributed by atoms with Gasteiger partial charge in [-0.25, -0.2) is 4.79 Å². The molecule has 1 N–H and O–H groups in total. The lowest BCUT2D eigenvalue weighted by Gasteiger charge is -2.31. The van der Waals surface area contributed by atoms with E-state index in [9.17, 15) is 9.59 Å². The van der Waals surface area contributed by atoms with Crippen LogP contribution in [0.15, 0.2) is 28.7 Å². The molecule has 0 aliphatic carbocycles. The highest BCUT2D eigenvalue weighted by Crippen LogP contribution is 2.14. The lowest BCUT2D eigenvalue weighted by atomic mass is 10.2.